The number of ether oxygens (including phenoxy) is 2. The van der Waals surface area contributed by atoms with E-state index in [1.54, 1.807) is 25.1 Å². The van der Waals surface area contributed by atoms with E-state index in [4.69, 9.17) is 9.47 Å². The van der Waals surface area contributed by atoms with Crippen molar-refractivity contribution in [3.05, 3.63) is 57.8 Å². The number of aromatic nitrogens is 2. The van der Waals surface area contributed by atoms with Gasteiger partial charge in [-0.15, -0.1) is 10.2 Å². The van der Waals surface area contributed by atoms with Crippen LogP contribution in [0.5, 0.6) is 11.5 Å². The van der Waals surface area contributed by atoms with E-state index >= 15 is 0 Å². The van der Waals surface area contributed by atoms with Crippen LogP contribution in [0, 0.1) is 12.7 Å². The van der Waals surface area contributed by atoms with E-state index < -0.39 is 27.8 Å². The van der Waals surface area contributed by atoms with Crippen molar-refractivity contribution in [3.63, 3.8) is 0 Å². The highest BCUT2D eigenvalue weighted by Crippen LogP contribution is 2.39. The molecule has 0 aliphatic carbocycles. The van der Waals surface area contributed by atoms with Gasteiger partial charge >= 0.3 is 0 Å². The molecule has 0 spiro atoms. The molecule has 0 radical (unpaired) electrons. The number of rotatable bonds is 5. The lowest BCUT2D eigenvalue weighted by Crippen LogP contribution is -2.31. The molecule has 2 aliphatic rings. The standard InChI is InChI=1S/C21H19FN4O5S2/c1-12-4-5-13(22)9-18(12)33(28,29)26-8-2-3-15(26)20-24-25-21(32-20)19(27)23-14-6-7-16-17(10-14)31-11-30-16/h4-7,9-10,15H,2-3,8,11H2,1H3,(H,23,27)/t15-/m0/s1. The topological polar surface area (TPSA) is 111 Å². The summed E-state index contributed by atoms with van der Waals surface area (Å²) in [7, 11) is -3.95. The number of carbonyl (C=O) groups excluding carboxylic acids is 1. The number of anilines is 1. The van der Waals surface area contributed by atoms with Crippen LogP contribution in [0.2, 0.25) is 0 Å². The predicted molar refractivity (Wildman–Crippen MR) is 117 cm³/mol. The van der Waals surface area contributed by atoms with E-state index in [1.807, 2.05) is 0 Å². The molecule has 1 fully saturated rings. The van der Waals surface area contributed by atoms with Crippen LogP contribution < -0.4 is 14.8 Å². The lowest BCUT2D eigenvalue weighted by atomic mass is 10.2. The summed E-state index contributed by atoms with van der Waals surface area (Å²) in [5, 5.41) is 11.3. The third-order valence-corrected chi connectivity index (χ3v) is 8.56. The van der Waals surface area contributed by atoms with Crippen molar-refractivity contribution in [1.29, 1.82) is 0 Å². The number of benzene rings is 2. The number of carbonyl (C=O) groups is 1. The van der Waals surface area contributed by atoms with Gasteiger partial charge in [-0.3, -0.25) is 4.79 Å². The average Bonchev–Trinajstić information content (AvgIpc) is 3.54. The Labute approximate surface area is 193 Å². The lowest BCUT2D eigenvalue weighted by molar-refractivity contribution is 0.102. The average molecular weight is 491 g/mol. The monoisotopic (exact) mass is 490 g/mol. The normalized spacial score (nSPS) is 17.9. The number of nitrogens with zero attached hydrogens (tertiary/aromatic N) is 3. The van der Waals surface area contributed by atoms with E-state index in [0.717, 1.165) is 17.4 Å². The van der Waals surface area contributed by atoms with E-state index in [0.29, 0.717) is 40.6 Å². The Morgan fingerprint density at radius 3 is 2.85 bits per heavy atom. The molecule has 2 aliphatic heterocycles. The highest BCUT2D eigenvalue weighted by atomic mass is 32.2. The summed E-state index contributed by atoms with van der Waals surface area (Å²) in [5.41, 5.74) is 0.968. The minimum absolute atomic E-state index is 0.0697. The van der Waals surface area contributed by atoms with Crippen molar-refractivity contribution >= 4 is 33.0 Å². The molecule has 5 rings (SSSR count). The third-order valence-electron chi connectivity index (χ3n) is 5.49. The van der Waals surface area contributed by atoms with Gasteiger partial charge in [0.2, 0.25) is 21.8 Å². The zero-order valence-corrected chi connectivity index (χ0v) is 19.1. The maximum absolute atomic E-state index is 13.8. The molecule has 2 aromatic carbocycles. The van der Waals surface area contributed by atoms with Crippen LogP contribution in [0.4, 0.5) is 10.1 Å². The molecule has 12 heteroatoms. The third kappa shape index (κ3) is 4.05. The fourth-order valence-corrected chi connectivity index (χ4v) is 6.72. The molecule has 1 N–H and O–H groups in total. The molecular weight excluding hydrogens is 471 g/mol. The zero-order valence-electron chi connectivity index (χ0n) is 17.4. The second-order valence-electron chi connectivity index (χ2n) is 7.65. The summed E-state index contributed by atoms with van der Waals surface area (Å²) in [4.78, 5) is 12.6. The fraction of sp³-hybridized carbons (Fsp3) is 0.286. The summed E-state index contributed by atoms with van der Waals surface area (Å²) >= 11 is 1.03. The van der Waals surface area contributed by atoms with Crippen LogP contribution in [0.25, 0.3) is 0 Å². The van der Waals surface area contributed by atoms with Crippen molar-refractivity contribution < 1.29 is 27.1 Å². The van der Waals surface area contributed by atoms with Gasteiger partial charge in [-0.25, -0.2) is 12.8 Å². The molecule has 3 heterocycles. The first-order valence-electron chi connectivity index (χ1n) is 10.2. The number of hydrogen-bond acceptors (Lipinski definition) is 8. The van der Waals surface area contributed by atoms with E-state index in [1.165, 1.54) is 16.4 Å². The van der Waals surface area contributed by atoms with Crippen molar-refractivity contribution in [2.45, 2.75) is 30.7 Å². The quantitative estimate of drug-likeness (QED) is 0.583. The van der Waals surface area contributed by atoms with Crippen molar-refractivity contribution in [1.82, 2.24) is 14.5 Å². The molecule has 1 saturated heterocycles. The molecule has 172 valence electrons. The molecule has 1 atom stereocenters. The second kappa shape index (κ2) is 8.36. The largest absolute Gasteiger partial charge is 0.454 e. The van der Waals surface area contributed by atoms with Crippen molar-refractivity contribution in [3.8, 4) is 11.5 Å². The van der Waals surface area contributed by atoms with Crippen LogP contribution >= 0.6 is 11.3 Å². The Bertz CT molecular complexity index is 1340. The van der Waals surface area contributed by atoms with Gasteiger partial charge in [0.1, 0.15) is 10.8 Å². The van der Waals surface area contributed by atoms with Crippen molar-refractivity contribution in [2.75, 3.05) is 18.7 Å². The highest BCUT2D eigenvalue weighted by molar-refractivity contribution is 7.89. The molecule has 33 heavy (non-hydrogen) atoms. The van der Waals surface area contributed by atoms with Gasteiger partial charge in [-0.05, 0) is 49.6 Å². The smallest absolute Gasteiger partial charge is 0.286 e. The maximum Gasteiger partial charge on any atom is 0.286 e. The summed E-state index contributed by atoms with van der Waals surface area (Å²) in [5.74, 6) is 0.0479. The van der Waals surface area contributed by atoms with Gasteiger partial charge in [-0.1, -0.05) is 17.4 Å². The molecule has 1 aromatic heterocycles. The highest BCUT2D eigenvalue weighted by Gasteiger charge is 2.39. The number of amides is 1. The first-order valence-corrected chi connectivity index (χ1v) is 12.4. The molecular formula is C21H19FN4O5S2. The van der Waals surface area contributed by atoms with Crippen LogP contribution in [0.3, 0.4) is 0 Å². The number of halogens is 1. The Hall–Kier alpha value is -3.09. The van der Waals surface area contributed by atoms with Crippen LogP contribution in [-0.4, -0.2) is 42.2 Å². The van der Waals surface area contributed by atoms with E-state index in [-0.39, 0.29) is 23.2 Å². The van der Waals surface area contributed by atoms with Gasteiger partial charge in [0.05, 0.1) is 10.9 Å². The molecule has 0 unspecified atom stereocenters. The minimum Gasteiger partial charge on any atom is -0.454 e. The second-order valence-corrected chi connectivity index (χ2v) is 10.5. The number of sulfonamides is 1. The van der Waals surface area contributed by atoms with Crippen LogP contribution in [0.1, 0.15) is 39.3 Å². The van der Waals surface area contributed by atoms with Crippen LogP contribution in [-0.2, 0) is 10.0 Å². The molecule has 0 saturated carbocycles. The van der Waals surface area contributed by atoms with Gasteiger partial charge < -0.3 is 14.8 Å². The molecule has 0 bridgehead atoms. The summed E-state index contributed by atoms with van der Waals surface area (Å²) < 4.78 is 52.2. The first kappa shape index (κ1) is 21.7. The molecule has 3 aromatic rings. The number of aryl methyl sites for hydroxylation is 1. The van der Waals surface area contributed by atoms with E-state index in [9.17, 15) is 17.6 Å². The minimum atomic E-state index is -3.95. The first-order chi connectivity index (χ1) is 15.8. The Balaban J connectivity index is 1.36. The van der Waals surface area contributed by atoms with Gasteiger partial charge in [0, 0.05) is 18.3 Å². The van der Waals surface area contributed by atoms with Gasteiger partial charge in [-0.2, -0.15) is 4.31 Å². The number of nitrogens with one attached hydrogen (secondary N) is 1. The molecule has 9 nitrogen and oxygen atoms in total. The Morgan fingerprint density at radius 1 is 1.18 bits per heavy atom. The van der Waals surface area contributed by atoms with Crippen LogP contribution in [0.15, 0.2) is 41.3 Å². The Kier molecular flexibility index (Phi) is 5.51. The molecule has 1 amide bonds. The van der Waals surface area contributed by atoms with Gasteiger partial charge in [0.15, 0.2) is 11.5 Å². The summed E-state index contributed by atoms with van der Waals surface area (Å²) in [6, 6.07) is 8.16. The Morgan fingerprint density at radius 2 is 2.00 bits per heavy atom. The number of hydrogen-bond donors (Lipinski definition) is 1. The lowest BCUT2D eigenvalue weighted by Gasteiger charge is -2.23. The summed E-state index contributed by atoms with van der Waals surface area (Å²) in [6.07, 6.45) is 1.16. The van der Waals surface area contributed by atoms with Gasteiger partial charge in [0.25, 0.3) is 5.91 Å². The van der Waals surface area contributed by atoms with Crippen molar-refractivity contribution in [2.24, 2.45) is 0 Å². The summed E-state index contributed by atoms with van der Waals surface area (Å²) in [6.45, 7) is 2.03. The maximum atomic E-state index is 13.8. The zero-order chi connectivity index (χ0) is 23.2. The predicted octanol–water partition coefficient (Wildman–Crippen LogP) is 3.49. The number of fused-ring (bicyclic) bond motifs is 1. The fourth-order valence-electron chi connectivity index (χ4n) is 3.87. The SMILES string of the molecule is Cc1ccc(F)cc1S(=O)(=O)N1CCC[C@H]1c1nnc(C(=O)Nc2ccc3c(c2)OCO3)s1. The van der Waals surface area contributed by atoms with E-state index in [2.05, 4.69) is 15.5 Å².